The first kappa shape index (κ1) is 13.3. The third-order valence-electron chi connectivity index (χ3n) is 1.77. The van der Waals surface area contributed by atoms with E-state index in [-0.39, 0.29) is 5.56 Å². The largest absolute Gasteiger partial charge is 0.234 e. The Morgan fingerprint density at radius 2 is 2.06 bits per heavy atom. The molecule has 0 spiro atoms. The van der Waals surface area contributed by atoms with E-state index >= 15 is 0 Å². The molecule has 0 radical (unpaired) electrons. The molecule has 1 aromatic rings. The van der Waals surface area contributed by atoms with Gasteiger partial charge in [-0.1, -0.05) is 11.6 Å². The van der Waals surface area contributed by atoms with Gasteiger partial charge in [-0.15, -0.1) is 0 Å². The summed E-state index contributed by atoms with van der Waals surface area (Å²) in [6.07, 6.45) is 1.27. The second-order valence-corrected chi connectivity index (χ2v) is 6.63. The molecule has 0 fully saturated rings. The van der Waals surface area contributed by atoms with Gasteiger partial charge in [0, 0.05) is 16.8 Å². The van der Waals surface area contributed by atoms with Crippen molar-refractivity contribution in [1.29, 1.82) is 0 Å². The van der Waals surface area contributed by atoms with Crippen molar-refractivity contribution >= 4 is 28.8 Å². The Morgan fingerprint density at radius 1 is 1.44 bits per heavy atom. The highest BCUT2D eigenvalue weighted by Crippen LogP contribution is 2.15. The molecule has 88 valence electrons. The van der Waals surface area contributed by atoms with Crippen molar-refractivity contribution in [3.8, 4) is 0 Å². The summed E-state index contributed by atoms with van der Waals surface area (Å²) >= 11 is 5.61. The molecule has 0 aromatic heterocycles. The zero-order chi connectivity index (χ0) is 12.3. The molecular weight excluding hydrogens is 249 g/mol. The molecular formula is C11H13ClFNOS. The van der Waals surface area contributed by atoms with Crippen molar-refractivity contribution in [2.24, 2.45) is 4.40 Å². The van der Waals surface area contributed by atoms with Crippen LogP contribution in [-0.2, 0) is 11.0 Å². The summed E-state index contributed by atoms with van der Waals surface area (Å²) in [7, 11) is -1.38. The van der Waals surface area contributed by atoms with Gasteiger partial charge in [0.25, 0.3) is 0 Å². The van der Waals surface area contributed by atoms with Crippen LogP contribution >= 0.6 is 11.6 Å². The van der Waals surface area contributed by atoms with Gasteiger partial charge in [0.15, 0.2) is 0 Å². The maximum atomic E-state index is 13.3. The first-order valence-corrected chi connectivity index (χ1v) is 6.20. The molecule has 1 unspecified atom stereocenters. The van der Waals surface area contributed by atoms with E-state index in [0.29, 0.717) is 5.02 Å². The SMILES string of the molecule is CC(C)(C)S(=O)N=Cc1ccc(Cl)cc1F. The van der Waals surface area contributed by atoms with Crippen molar-refractivity contribution in [2.45, 2.75) is 25.5 Å². The summed E-state index contributed by atoms with van der Waals surface area (Å²) in [6.45, 7) is 5.41. The standard InChI is InChI=1S/C11H13ClFNOS/c1-11(2,3)16(15)14-7-8-4-5-9(12)6-10(8)13/h4-7H,1-3H3. The fraction of sp³-hybridized carbons (Fsp3) is 0.364. The Kier molecular flexibility index (Phi) is 4.21. The molecule has 2 nitrogen and oxygen atoms in total. The molecule has 0 aliphatic rings. The van der Waals surface area contributed by atoms with E-state index in [1.54, 1.807) is 26.8 Å². The summed E-state index contributed by atoms with van der Waals surface area (Å²) in [5.74, 6) is -0.470. The van der Waals surface area contributed by atoms with E-state index in [9.17, 15) is 8.60 Å². The maximum absolute atomic E-state index is 13.3. The van der Waals surface area contributed by atoms with Crippen LogP contribution in [0.5, 0.6) is 0 Å². The van der Waals surface area contributed by atoms with E-state index in [1.807, 2.05) is 0 Å². The van der Waals surface area contributed by atoms with Crippen molar-refractivity contribution in [2.75, 3.05) is 0 Å². The maximum Gasteiger partial charge on any atom is 0.144 e. The Bertz CT molecular complexity index is 440. The van der Waals surface area contributed by atoms with Crippen LogP contribution in [0.3, 0.4) is 0 Å². The summed E-state index contributed by atoms with van der Waals surface area (Å²) in [4.78, 5) is 0. The van der Waals surface area contributed by atoms with Gasteiger partial charge in [0.2, 0.25) is 0 Å². The number of nitrogens with zero attached hydrogens (tertiary/aromatic N) is 1. The van der Waals surface area contributed by atoms with Crippen LogP contribution in [0.2, 0.25) is 5.02 Å². The smallest absolute Gasteiger partial charge is 0.144 e. The third kappa shape index (κ3) is 3.68. The Balaban J connectivity index is 2.89. The molecule has 0 amide bonds. The quantitative estimate of drug-likeness (QED) is 0.751. The number of halogens is 2. The summed E-state index contributed by atoms with van der Waals surface area (Å²) < 4.78 is 28.3. The lowest BCUT2D eigenvalue weighted by Gasteiger charge is -2.12. The molecule has 0 bridgehead atoms. The van der Waals surface area contributed by atoms with Crippen molar-refractivity contribution in [3.63, 3.8) is 0 Å². The monoisotopic (exact) mass is 261 g/mol. The fourth-order valence-corrected chi connectivity index (χ4v) is 1.55. The van der Waals surface area contributed by atoms with Crippen molar-refractivity contribution in [1.82, 2.24) is 0 Å². The molecule has 1 aromatic carbocycles. The second-order valence-electron chi connectivity index (χ2n) is 4.26. The van der Waals surface area contributed by atoms with Crippen LogP contribution < -0.4 is 0 Å². The van der Waals surface area contributed by atoms with Crippen LogP contribution in [0.4, 0.5) is 4.39 Å². The van der Waals surface area contributed by atoms with Gasteiger partial charge in [-0.25, -0.2) is 8.60 Å². The van der Waals surface area contributed by atoms with Gasteiger partial charge < -0.3 is 0 Å². The van der Waals surface area contributed by atoms with Crippen molar-refractivity contribution in [3.05, 3.63) is 34.6 Å². The van der Waals surface area contributed by atoms with Gasteiger partial charge in [-0.05, 0) is 39.0 Å². The van der Waals surface area contributed by atoms with Crippen molar-refractivity contribution < 1.29 is 8.60 Å². The average Bonchev–Trinajstić information content (AvgIpc) is 2.14. The van der Waals surface area contributed by atoms with E-state index in [4.69, 9.17) is 11.6 Å². The lowest BCUT2D eigenvalue weighted by atomic mass is 10.2. The number of benzene rings is 1. The number of rotatable bonds is 2. The van der Waals surface area contributed by atoms with Gasteiger partial charge >= 0.3 is 0 Å². The minimum atomic E-state index is -1.38. The molecule has 5 heteroatoms. The molecule has 0 heterocycles. The highest BCUT2D eigenvalue weighted by atomic mass is 35.5. The lowest BCUT2D eigenvalue weighted by molar-refractivity contribution is 0.626. The number of hydrogen-bond acceptors (Lipinski definition) is 1. The Morgan fingerprint density at radius 3 is 2.56 bits per heavy atom. The van der Waals surface area contributed by atoms with Crippen LogP contribution in [-0.4, -0.2) is 15.2 Å². The molecule has 0 saturated heterocycles. The summed E-state index contributed by atoms with van der Waals surface area (Å²) in [6, 6.07) is 4.26. The molecule has 1 atom stereocenters. The topological polar surface area (TPSA) is 29.4 Å². The third-order valence-corrected chi connectivity index (χ3v) is 3.35. The van der Waals surface area contributed by atoms with E-state index in [0.717, 1.165) is 0 Å². The summed E-state index contributed by atoms with van der Waals surface area (Å²) in [5, 5.41) is 0.326. The van der Waals surface area contributed by atoms with E-state index < -0.39 is 21.5 Å². The minimum Gasteiger partial charge on any atom is -0.234 e. The zero-order valence-corrected chi connectivity index (χ0v) is 10.9. The Labute approximate surface area is 102 Å². The molecule has 16 heavy (non-hydrogen) atoms. The Hall–Kier alpha value is -0.740. The van der Waals surface area contributed by atoms with Crippen LogP contribution in [0, 0.1) is 5.82 Å². The van der Waals surface area contributed by atoms with Gasteiger partial charge in [-0.3, -0.25) is 0 Å². The second kappa shape index (κ2) is 5.06. The highest BCUT2D eigenvalue weighted by Gasteiger charge is 2.18. The van der Waals surface area contributed by atoms with Crippen LogP contribution in [0.25, 0.3) is 0 Å². The average molecular weight is 262 g/mol. The van der Waals surface area contributed by atoms with Crippen LogP contribution in [0.15, 0.2) is 22.6 Å². The highest BCUT2D eigenvalue weighted by molar-refractivity contribution is 7.85. The fourth-order valence-electron chi connectivity index (χ4n) is 0.869. The molecule has 0 N–H and O–H groups in total. The first-order chi connectivity index (χ1) is 7.30. The van der Waals surface area contributed by atoms with Gasteiger partial charge in [-0.2, -0.15) is 4.40 Å². The number of hydrogen-bond donors (Lipinski definition) is 0. The van der Waals surface area contributed by atoms with E-state index in [2.05, 4.69) is 4.40 Å². The van der Waals surface area contributed by atoms with E-state index in [1.165, 1.54) is 18.3 Å². The van der Waals surface area contributed by atoms with Crippen LogP contribution in [0.1, 0.15) is 26.3 Å². The minimum absolute atomic E-state index is 0.280. The van der Waals surface area contributed by atoms with Gasteiger partial charge in [0.05, 0.1) is 4.75 Å². The van der Waals surface area contributed by atoms with Gasteiger partial charge in [0.1, 0.15) is 16.8 Å². The molecule has 1 rings (SSSR count). The molecule has 0 aliphatic heterocycles. The lowest BCUT2D eigenvalue weighted by Crippen LogP contribution is -2.19. The first-order valence-electron chi connectivity index (χ1n) is 4.72. The molecule has 0 saturated carbocycles. The summed E-state index contributed by atoms with van der Waals surface area (Å²) in [5.41, 5.74) is 0.280. The predicted molar refractivity (Wildman–Crippen MR) is 66.9 cm³/mol. The normalized spacial score (nSPS) is 14.3. The zero-order valence-electron chi connectivity index (χ0n) is 9.33. The molecule has 0 aliphatic carbocycles. The predicted octanol–water partition coefficient (Wildman–Crippen LogP) is 3.36.